The molecule has 0 saturated heterocycles. The lowest BCUT2D eigenvalue weighted by atomic mass is 10.0. The van der Waals surface area contributed by atoms with Gasteiger partial charge in [-0.15, -0.1) is 0 Å². The first-order valence-corrected chi connectivity index (χ1v) is 10.0. The Bertz CT molecular complexity index is 815. The van der Waals surface area contributed by atoms with Crippen molar-refractivity contribution in [1.29, 1.82) is 0 Å². The minimum Gasteiger partial charge on any atom is -0.492 e. The van der Waals surface area contributed by atoms with Gasteiger partial charge in [-0.2, -0.15) is 0 Å². The zero-order chi connectivity index (χ0) is 19.8. The summed E-state index contributed by atoms with van der Waals surface area (Å²) in [5.74, 6) is 0.810. The molecule has 0 saturated carbocycles. The van der Waals surface area contributed by atoms with Gasteiger partial charge in [0.25, 0.3) is 0 Å². The highest BCUT2D eigenvalue weighted by atomic mass is 16.5. The molecule has 0 radical (unpaired) electrons. The largest absolute Gasteiger partial charge is 0.492 e. The van der Waals surface area contributed by atoms with Crippen molar-refractivity contribution in [2.75, 3.05) is 18.5 Å². The summed E-state index contributed by atoms with van der Waals surface area (Å²) < 4.78 is 5.73. The molecule has 2 amide bonds. The first-order chi connectivity index (χ1) is 13.6. The van der Waals surface area contributed by atoms with Crippen LogP contribution in [0.2, 0.25) is 0 Å². The number of carbonyl (C=O) groups excluding carboxylic acids is 2. The van der Waals surface area contributed by atoms with E-state index in [0.29, 0.717) is 26.0 Å². The van der Waals surface area contributed by atoms with Crippen molar-refractivity contribution in [3.8, 4) is 5.75 Å². The molecule has 0 fully saturated rings. The maximum absolute atomic E-state index is 12.1. The Morgan fingerprint density at radius 1 is 1.11 bits per heavy atom. The molecule has 28 heavy (non-hydrogen) atoms. The van der Waals surface area contributed by atoms with Crippen LogP contribution in [0.1, 0.15) is 42.9 Å². The van der Waals surface area contributed by atoms with E-state index in [1.54, 1.807) is 0 Å². The number of hydrogen-bond acceptors (Lipinski definition) is 3. The minimum absolute atomic E-state index is 0.00179. The van der Waals surface area contributed by atoms with Gasteiger partial charge in [0.1, 0.15) is 12.4 Å². The Morgan fingerprint density at radius 3 is 2.68 bits per heavy atom. The highest BCUT2D eigenvalue weighted by Gasteiger charge is 2.15. The van der Waals surface area contributed by atoms with Crippen LogP contribution in [-0.2, 0) is 28.9 Å². The average molecular weight is 380 g/mol. The second-order valence-corrected chi connectivity index (χ2v) is 7.16. The highest BCUT2D eigenvalue weighted by molar-refractivity contribution is 5.94. The maximum Gasteiger partial charge on any atom is 0.224 e. The van der Waals surface area contributed by atoms with Crippen molar-refractivity contribution < 1.29 is 14.3 Å². The molecule has 0 spiro atoms. The number of aryl methyl sites for hydroxylation is 2. The molecule has 1 aliphatic rings. The molecule has 5 heteroatoms. The molecule has 0 unspecified atom stereocenters. The quantitative estimate of drug-likeness (QED) is 0.653. The summed E-state index contributed by atoms with van der Waals surface area (Å²) in [6.45, 7) is 3.06. The molecule has 3 rings (SSSR count). The molecule has 0 aliphatic carbocycles. The van der Waals surface area contributed by atoms with Crippen LogP contribution in [0, 0.1) is 0 Å². The highest BCUT2D eigenvalue weighted by Crippen LogP contribution is 2.26. The number of benzene rings is 2. The molecule has 0 atom stereocenters. The van der Waals surface area contributed by atoms with E-state index in [4.69, 9.17) is 4.74 Å². The van der Waals surface area contributed by atoms with Crippen LogP contribution in [0.4, 0.5) is 5.69 Å². The van der Waals surface area contributed by atoms with Gasteiger partial charge in [-0.3, -0.25) is 9.59 Å². The summed E-state index contributed by atoms with van der Waals surface area (Å²) in [4.78, 5) is 23.5. The van der Waals surface area contributed by atoms with E-state index < -0.39 is 0 Å². The SMILES string of the molecule is CCCCc1ccc(CC(=O)NCCOc2ccc3c(c2)CCC(=O)N3)cc1. The van der Waals surface area contributed by atoms with Crippen molar-refractivity contribution in [3.63, 3.8) is 0 Å². The molecule has 1 heterocycles. The minimum atomic E-state index is -0.00179. The summed E-state index contributed by atoms with van der Waals surface area (Å²) in [6, 6.07) is 14.0. The van der Waals surface area contributed by atoms with Crippen LogP contribution in [0.3, 0.4) is 0 Å². The van der Waals surface area contributed by atoms with Gasteiger partial charge in [-0.25, -0.2) is 0 Å². The third-order valence-corrected chi connectivity index (χ3v) is 4.87. The summed E-state index contributed by atoms with van der Waals surface area (Å²) in [7, 11) is 0. The van der Waals surface area contributed by atoms with Crippen molar-refractivity contribution >= 4 is 17.5 Å². The van der Waals surface area contributed by atoms with E-state index in [1.807, 2.05) is 30.3 Å². The summed E-state index contributed by atoms with van der Waals surface area (Å²) in [6.07, 6.45) is 5.09. The molecule has 5 nitrogen and oxygen atoms in total. The van der Waals surface area contributed by atoms with E-state index >= 15 is 0 Å². The molecular formula is C23H28N2O3. The first-order valence-electron chi connectivity index (χ1n) is 10.0. The van der Waals surface area contributed by atoms with Gasteiger partial charge in [-0.05, 0) is 54.2 Å². The monoisotopic (exact) mass is 380 g/mol. The van der Waals surface area contributed by atoms with E-state index in [-0.39, 0.29) is 11.8 Å². The zero-order valence-electron chi connectivity index (χ0n) is 16.4. The second-order valence-electron chi connectivity index (χ2n) is 7.16. The molecule has 0 bridgehead atoms. The Hall–Kier alpha value is -2.82. The number of rotatable bonds is 9. The lowest BCUT2D eigenvalue weighted by molar-refractivity contribution is -0.120. The molecule has 1 aliphatic heterocycles. The topological polar surface area (TPSA) is 67.4 Å². The Morgan fingerprint density at radius 2 is 1.89 bits per heavy atom. The third-order valence-electron chi connectivity index (χ3n) is 4.87. The third kappa shape index (κ3) is 5.84. The van der Waals surface area contributed by atoms with Crippen LogP contribution < -0.4 is 15.4 Å². The summed E-state index contributed by atoms with van der Waals surface area (Å²) in [5.41, 5.74) is 4.29. The molecule has 0 aromatic heterocycles. The van der Waals surface area contributed by atoms with E-state index in [1.165, 1.54) is 18.4 Å². The summed E-state index contributed by atoms with van der Waals surface area (Å²) in [5, 5.41) is 5.75. The molecule has 2 aromatic carbocycles. The lowest BCUT2D eigenvalue weighted by Gasteiger charge is -2.17. The van der Waals surface area contributed by atoms with Gasteiger partial charge in [0.15, 0.2) is 0 Å². The summed E-state index contributed by atoms with van der Waals surface area (Å²) >= 11 is 0. The average Bonchev–Trinajstić information content (AvgIpc) is 2.70. The zero-order valence-corrected chi connectivity index (χ0v) is 16.4. The fourth-order valence-corrected chi connectivity index (χ4v) is 3.26. The van der Waals surface area contributed by atoms with Crippen LogP contribution in [0.15, 0.2) is 42.5 Å². The van der Waals surface area contributed by atoms with E-state index in [9.17, 15) is 9.59 Å². The van der Waals surface area contributed by atoms with Crippen molar-refractivity contribution in [2.24, 2.45) is 0 Å². The number of fused-ring (bicyclic) bond motifs is 1. The van der Waals surface area contributed by atoms with Crippen molar-refractivity contribution in [2.45, 2.75) is 45.4 Å². The lowest BCUT2D eigenvalue weighted by Crippen LogP contribution is -2.29. The Balaban J connectivity index is 1.38. The van der Waals surface area contributed by atoms with Gasteiger partial charge in [0.05, 0.1) is 13.0 Å². The van der Waals surface area contributed by atoms with E-state index in [2.05, 4.69) is 29.7 Å². The number of nitrogens with one attached hydrogen (secondary N) is 2. The van der Waals surface area contributed by atoms with Gasteiger partial charge in [0, 0.05) is 12.1 Å². The van der Waals surface area contributed by atoms with Gasteiger partial charge < -0.3 is 15.4 Å². The van der Waals surface area contributed by atoms with Crippen LogP contribution in [0.25, 0.3) is 0 Å². The normalized spacial score (nSPS) is 12.8. The number of amides is 2. The number of hydrogen-bond donors (Lipinski definition) is 2. The van der Waals surface area contributed by atoms with Gasteiger partial charge in [-0.1, -0.05) is 37.6 Å². The number of ether oxygens (including phenoxy) is 1. The van der Waals surface area contributed by atoms with Crippen LogP contribution >= 0.6 is 0 Å². The van der Waals surface area contributed by atoms with Crippen molar-refractivity contribution in [1.82, 2.24) is 5.32 Å². The number of carbonyl (C=O) groups is 2. The van der Waals surface area contributed by atoms with Crippen LogP contribution in [-0.4, -0.2) is 25.0 Å². The van der Waals surface area contributed by atoms with Gasteiger partial charge in [0.2, 0.25) is 11.8 Å². The molecule has 2 N–H and O–H groups in total. The fourth-order valence-electron chi connectivity index (χ4n) is 3.26. The maximum atomic E-state index is 12.1. The first kappa shape index (κ1) is 19.9. The molecular weight excluding hydrogens is 352 g/mol. The van der Waals surface area contributed by atoms with Crippen molar-refractivity contribution in [3.05, 3.63) is 59.2 Å². The standard InChI is InChI=1S/C23H28N2O3/c1-2-3-4-17-5-7-18(8-6-17)15-23(27)24-13-14-28-20-10-11-21-19(16-20)9-12-22(26)25-21/h5-8,10-11,16H,2-4,9,12-15H2,1H3,(H,24,27)(H,25,26). The number of anilines is 1. The van der Waals surface area contributed by atoms with Crippen LogP contribution in [0.5, 0.6) is 5.75 Å². The second kappa shape index (κ2) is 9.93. The predicted octanol–water partition coefficient (Wildman–Crippen LogP) is 3.65. The predicted molar refractivity (Wildman–Crippen MR) is 111 cm³/mol. The van der Waals surface area contributed by atoms with Gasteiger partial charge >= 0.3 is 0 Å². The number of unbranched alkanes of at least 4 members (excludes halogenated alkanes) is 1. The van der Waals surface area contributed by atoms with E-state index in [0.717, 1.165) is 35.4 Å². The molecule has 2 aromatic rings. The Kier molecular flexibility index (Phi) is 7.06. The fraction of sp³-hybridized carbons (Fsp3) is 0.391. The smallest absolute Gasteiger partial charge is 0.224 e. The Labute approximate surface area is 166 Å². The molecule has 148 valence electrons.